The van der Waals surface area contributed by atoms with Crippen LogP contribution in [0.4, 0.5) is 0 Å². The molecule has 0 heterocycles. The van der Waals surface area contributed by atoms with E-state index in [1.54, 1.807) is 6.07 Å². The van der Waals surface area contributed by atoms with Crippen molar-refractivity contribution in [3.63, 3.8) is 0 Å². The summed E-state index contributed by atoms with van der Waals surface area (Å²) in [7, 11) is 1.86. The summed E-state index contributed by atoms with van der Waals surface area (Å²) in [5.74, 6) is 0.967. The summed E-state index contributed by atoms with van der Waals surface area (Å²) in [6, 6.07) is 3.28. The van der Waals surface area contributed by atoms with Gasteiger partial charge in [-0.2, -0.15) is 0 Å². The highest BCUT2D eigenvalue weighted by molar-refractivity contribution is 6.30. The molecule has 0 saturated heterocycles. The highest BCUT2D eigenvalue weighted by Crippen LogP contribution is 2.37. The van der Waals surface area contributed by atoms with E-state index in [4.69, 9.17) is 22.1 Å². The van der Waals surface area contributed by atoms with E-state index in [0.717, 1.165) is 12.1 Å². The van der Waals surface area contributed by atoms with Crippen LogP contribution in [-0.2, 0) is 0 Å². The van der Waals surface area contributed by atoms with Crippen molar-refractivity contribution in [1.29, 1.82) is 0 Å². The Morgan fingerprint density at radius 3 is 2.48 bits per heavy atom. The van der Waals surface area contributed by atoms with Crippen molar-refractivity contribution in [2.24, 2.45) is 5.73 Å². The third-order valence-corrected chi connectivity index (χ3v) is 3.69. The van der Waals surface area contributed by atoms with Crippen LogP contribution in [0.1, 0.15) is 50.3 Å². The number of hydrogen-bond acceptors (Lipinski definition) is 4. The summed E-state index contributed by atoms with van der Waals surface area (Å²) in [5, 5.41) is 14.2. The predicted molar refractivity (Wildman–Crippen MR) is 88.2 cm³/mol. The molecule has 2 atom stereocenters. The monoisotopic (exact) mass is 314 g/mol. The van der Waals surface area contributed by atoms with Gasteiger partial charge in [-0.3, -0.25) is 0 Å². The number of benzene rings is 1. The van der Waals surface area contributed by atoms with Crippen LogP contribution in [0.15, 0.2) is 12.1 Å². The van der Waals surface area contributed by atoms with Crippen LogP contribution in [-0.4, -0.2) is 31.3 Å². The molecule has 2 unspecified atom stereocenters. The number of aliphatic hydroxyl groups is 1. The molecule has 0 spiro atoms. The largest absolute Gasteiger partial charge is 0.493 e. The van der Waals surface area contributed by atoms with Crippen molar-refractivity contribution in [1.82, 2.24) is 5.32 Å². The van der Waals surface area contributed by atoms with Crippen molar-refractivity contribution in [2.45, 2.75) is 45.3 Å². The summed E-state index contributed by atoms with van der Waals surface area (Å²) in [6.07, 6.45) is -0.122. The van der Waals surface area contributed by atoms with Gasteiger partial charge >= 0.3 is 0 Å². The number of halogens is 1. The third-order valence-electron chi connectivity index (χ3n) is 3.47. The molecular weight excluding hydrogens is 288 g/mol. The van der Waals surface area contributed by atoms with E-state index < -0.39 is 6.10 Å². The molecule has 0 saturated carbocycles. The first-order chi connectivity index (χ1) is 9.92. The van der Waals surface area contributed by atoms with Crippen LogP contribution in [0.2, 0.25) is 5.02 Å². The Balaban J connectivity index is 3.19. The van der Waals surface area contributed by atoms with Crippen LogP contribution in [0.3, 0.4) is 0 Å². The molecule has 1 rings (SSSR count). The summed E-state index contributed by atoms with van der Waals surface area (Å²) in [6.45, 7) is 7.36. The molecule has 0 aromatic heterocycles. The number of nitrogens with two attached hydrogens (primary N) is 1. The molecule has 0 aliphatic carbocycles. The lowest BCUT2D eigenvalue weighted by Gasteiger charge is -2.24. The summed E-state index contributed by atoms with van der Waals surface area (Å²) in [4.78, 5) is 0. The van der Waals surface area contributed by atoms with Crippen LogP contribution >= 0.6 is 11.6 Å². The Kier molecular flexibility index (Phi) is 7.46. The maximum absolute atomic E-state index is 10.6. The van der Waals surface area contributed by atoms with E-state index in [1.165, 1.54) is 0 Å². The zero-order chi connectivity index (χ0) is 16.0. The second-order valence-corrected chi connectivity index (χ2v) is 5.94. The molecule has 5 heteroatoms. The minimum atomic E-state index is -0.795. The lowest BCUT2D eigenvalue weighted by Crippen LogP contribution is -2.32. The van der Waals surface area contributed by atoms with E-state index in [2.05, 4.69) is 19.2 Å². The van der Waals surface area contributed by atoms with Gasteiger partial charge in [-0.15, -0.1) is 0 Å². The van der Waals surface area contributed by atoms with Gasteiger partial charge in [0.25, 0.3) is 0 Å². The standard InChI is InChI=1S/C16H27ClN2O2/c1-5-21-16-12(10(2)3)8-11(17)9-13(16)15(20)14(18)6-7-19-4/h8-10,14-15,19-20H,5-7,18H2,1-4H3. The minimum absolute atomic E-state index is 0.254. The summed E-state index contributed by atoms with van der Waals surface area (Å²) >= 11 is 6.20. The fraction of sp³-hybridized carbons (Fsp3) is 0.625. The zero-order valence-electron chi connectivity index (χ0n) is 13.3. The van der Waals surface area contributed by atoms with E-state index in [0.29, 0.717) is 29.4 Å². The van der Waals surface area contributed by atoms with Crippen molar-refractivity contribution in [3.05, 3.63) is 28.3 Å². The topological polar surface area (TPSA) is 67.5 Å². The lowest BCUT2D eigenvalue weighted by atomic mass is 9.93. The molecule has 4 N–H and O–H groups in total. The average Bonchev–Trinajstić information content (AvgIpc) is 2.45. The molecule has 1 aromatic rings. The van der Waals surface area contributed by atoms with E-state index in [1.807, 2.05) is 20.0 Å². The van der Waals surface area contributed by atoms with Gasteiger partial charge in [0, 0.05) is 16.6 Å². The van der Waals surface area contributed by atoms with Gasteiger partial charge in [-0.05, 0) is 50.6 Å². The number of hydrogen-bond donors (Lipinski definition) is 3. The molecule has 0 bridgehead atoms. The second kappa shape index (κ2) is 8.59. The molecule has 0 fully saturated rings. The number of ether oxygens (including phenoxy) is 1. The molecule has 4 nitrogen and oxygen atoms in total. The zero-order valence-corrected chi connectivity index (χ0v) is 14.1. The van der Waals surface area contributed by atoms with Crippen molar-refractivity contribution in [2.75, 3.05) is 20.2 Å². The highest BCUT2D eigenvalue weighted by atomic mass is 35.5. The fourth-order valence-corrected chi connectivity index (χ4v) is 2.53. The molecule has 120 valence electrons. The quantitative estimate of drug-likeness (QED) is 0.690. The van der Waals surface area contributed by atoms with Crippen LogP contribution < -0.4 is 15.8 Å². The predicted octanol–water partition coefficient (Wildman–Crippen LogP) is 2.83. The molecular formula is C16H27ClN2O2. The van der Waals surface area contributed by atoms with Crippen LogP contribution in [0.25, 0.3) is 0 Å². The molecule has 0 amide bonds. The summed E-state index contributed by atoms with van der Waals surface area (Å²) < 4.78 is 5.77. The Hall–Kier alpha value is -0.810. The van der Waals surface area contributed by atoms with Crippen molar-refractivity contribution >= 4 is 11.6 Å². The second-order valence-electron chi connectivity index (χ2n) is 5.50. The van der Waals surface area contributed by atoms with Gasteiger partial charge in [0.1, 0.15) is 5.75 Å². The van der Waals surface area contributed by atoms with Gasteiger partial charge < -0.3 is 20.9 Å². The van der Waals surface area contributed by atoms with Gasteiger partial charge in [0.05, 0.1) is 12.7 Å². The Morgan fingerprint density at radius 2 is 1.95 bits per heavy atom. The first-order valence-electron chi connectivity index (χ1n) is 7.46. The van der Waals surface area contributed by atoms with Crippen molar-refractivity contribution < 1.29 is 9.84 Å². The lowest BCUT2D eigenvalue weighted by molar-refractivity contribution is 0.137. The number of nitrogens with one attached hydrogen (secondary N) is 1. The SMILES string of the molecule is CCOc1c(C(C)C)cc(Cl)cc1C(O)C(N)CCNC. The first kappa shape index (κ1) is 18.2. The molecule has 0 aliphatic rings. The van der Waals surface area contributed by atoms with Gasteiger partial charge in [0.2, 0.25) is 0 Å². The Bertz CT molecular complexity index is 452. The Morgan fingerprint density at radius 1 is 1.33 bits per heavy atom. The normalized spacial score (nSPS) is 14.3. The van der Waals surface area contributed by atoms with Crippen molar-refractivity contribution in [3.8, 4) is 5.75 Å². The van der Waals surface area contributed by atoms with Gasteiger partial charge in [-0.25, -0.2) is 0 Å². The molecule has 21 heavy (non-hydrogen) atoms. The maximum atomic E-state index is 10.6. The maximum Gasteiger partial charge on any atom is 0.128 e. The van der Waals surface area contributed by atoms with E-state index in [-0.39, 0.29) is 12.0 Å². The van der Waals surface area contributed by atoms with Crippen LogP contribution in [0, 0.1) is 0 Å². The highest BCUT2D eigenvalue weighted by Gasteiger charge is 2.24. The third kappa shape index (κ3) is 4.85. The van der Waals surface area contributed by atoms with E-state index >= 15 is 0 Å². The van der Waals surface area contributed by atoms with Crippen LogP contribution in [0.5, 0.6) is 5.75 Å². The average molecular weight is 315 g/mol. The fourth-order valence-electron chi connectivity index (χ4n) is 2.30. The van der Waals surface area contributed by atoms with E-state index in [9.17, 15) is 5.11 Å². The summed E-state index contributed by atoms with van der Waals surface area (Å²) in [5.41, 5.74) is 7.76. The molecule has 0 aliphatic heterocycles. The van der Waals surface area contributed by atoms with Gasteiger partial charge in [0.15, 0.2) is 0 Å². The molecule has 0 radical (unpaired) electrons. The Labute approximate surface area is 132 Å². The molecule has 1 aromatic carbocycles. The number of rotatable bonds is 8. The number of aliphatic hydroxyl groups excluding tert-OH is 1. The minimum Gasteiger partial charge on any atom is -0.493 e. The first-order valence-corrected chi connectivity index (χ1v) is 7.84. The smallest absolute Gasteiger partial charge is 0.128 e. The van der Waals surface area contributed by atoms with Gasteiger partial charge in [-0.1, -0.05) is 25.4 Å².